The standard InChI is InChI=1S/C24H32N6S/c1-25-24(27-17-21(22-11-8-14-31-22)30-12-6-7-13-30)26-16-18-15-23(29(2)3)28-20-10-5-4-9-19(18)20/h4-5,8-11,14-15,21H,6-7,12-13,16-17H2,1-3H3,(H2,25,26,27). The van der Waals surface area contributed by atoms with E-state index in [0.717, 1.165) is 23.8 Å². The normalized spacial score (nSPS) is 15.9. The molecular weight excluding hydrogens is 404 g/mol. The Balaban J connectivity index is 1.45. The number of guanidine groups is 1. The number of aromatic nitrogens is 1. The highest BCUT2D eigenvalue weighted by Gasteiger charge is 2.24. The zero-order valence-electron chi connectivity index (χ0n) is 18.6. The first-order valence-electron chi connectivity index (χ1n) is 10.9. The van der Waals surface area contributed by atoms with Crippen LogP contribution in [0.2, 0.25) is 0 Å². The molecule has 1 aliphatic heterocycles. The van der Waals surface area contributed by atoms with Gasteiger partial charge in [-0.05, 0) is 55.1 Å². The van der Waals surface area contributed by atoms with Crippen LogP contribution >= 0.6 is 11.3 Å². The highest BCUT2D eigenvalue weighted by molar-refractivity contribution is 7.10. The maximum absolute atomic E-state index is 4.76. The number of nitrogens with one attached hydrogen (secondary N) is 2. The van der Waals surface area contributed by atoms with E-state index in [2.05, 4.69) is 62.3 Å². The molecule has 1 atom stereocenters. The number of likely N-dealkylation sites (tertiary alicyclic amines) is 1. The Kier molecular flexibility index (Phi) is 7.04. The van der Waals surface area contributed by atoms with Crippen molar-refractivity contribution in [3.8, 4) is 0 Å². The molecule has 3 aromatic rings. The molecule has 0 bridgehead atoms. The van der Waals surface area contributed by atoms with E-state index >= 15 is 0 Å². The minimum Gasteiger partial charge on any atom is -0.363 e. The molecule has 1 fully saturated rings. The van der Waals surface area contributed by atoms with E-state index in [4.69, 9.17) is 4.98 Å². The van der Waals surface area contributed by atoms with Crippen LogP contribution < -0.4 is 15.5 Å². The Morgan fingerprint density at radius 3 is 2.68 bits per heavy atom. The predicted molar refractivity (Wildman–Crippen MR) is 132 cm³/mol. The third-order valence-corrected chi connectivity index (χ3v) is 6.81. The molecule has 0 radical (unpaired) electrons. The van der Waals surface area contributed by atoms with E-state index in [1.807, 2.05) is 43.4 Å². The van der Waals surface area contributed by atoms with E-state index in [9.17, 15) is 0 Å². The van der Waals surface area contributed by atoms with Gasteiger partial charge in [0, 0.05) is 44.5 Å². The number of anilines is 1. The smallest absolute Gasteiger partial charge is 0.191 e. The Labute approximate surface area is 189 Å². The van der Waals surface area contributed by atoms with Gasteiger partial charge in [0.25, 0.3) is 0 Å². The quantitative estimate of drug-likeness (QED) is 0.435. The van der Waals surface area contributed by atoms with Gasteiger partial charge >= 0.3 is 0 Å². The molecule has 1 unspecified atom stereocenters. The molecule has 1 aromatic carbocycles. The van der Waals surface area contributed by atoms with Crippen LogP contribution in [0.25, 0.3) is 10.9 Å². The van der Waals surface area contributed by atoms with E-state index in [1.165, 1.54) is 41.8 Å². The second-order valence-electron chi connectivity index (χ2n) is 8.13. The number of aliphatic imine (C=N–C) groups is 1. The lowest BCUT2D eigenvalue weighted by molar-refractivity contribution is 0.249. The number of rotatable bonds is 7. The molecule has 7 heteroatoms. The SMILES string of the molecule is CN=C(NCc1cc(N(C)C)nc2ccccc12)NCC(c1cccs1)N1CCCC1. The van der Waals surface area contributed by atoms with Gasteiger partial charge in [-0.25, -0.2) is 4.98 Å². The summed E-state index contributed by atoms with van der Waals surface area (Å²) >= 11 is 1.84. The minimum atomic E-state index is 0.392. The van der Waals surface area contributed by atoms with Gasteiger partial charge in [-0.3, -0.25) is 9.89 Å². The number of hydrogen-bond donors (Lipinski definition) is 2. The van der Waals surface area contributed by atoms with Crippen molar-refractivity contribution in [3.63, 3.8) is 0 Å². The molecule has 0 saturated carbocycles. The van der Waals surface area contributed by atoms with Gasteiger partial charge in [0.15, 0.2) is 5.96 Å². The van der Waals surface area contributed by atoms with Crippen LogP contribution in [-0.2, 0) is 6.54 Å². The minimum absolute atomic E-state index is 0.392. The van der Waals surface area contributed by atoms with Crippen LogP contribution in [-0.4, -0.2) is 56.6 Å². The van der Waals surface area contributed by atoms with Crippen molar-refractivity contribution in [1.29, 1.82) is 0 Å². The second-order valence-corrected chi connectivity index (χ2v) is 9.11. The number of pyridine rings is 1. The monoisotopic (exact) mass is 436 g/mol. The van der Waals surface area contributed by atoms with Gasteiger partial charge < -0.3 is 15.5 Å². The summed E-state index contributed by atoms with van der Waals surface area (Å²) in [5, 5.41) is 10.4. The van der Waals surface area contributed by atoms with Crippen LogP contribution in [0.5, 0.6) is 0 Å². The van der Waals surface area contributed by atoms with Gasteiger partial charge in [0.05, 0.1) is 11.6 Å². The fourth-order valence-corrected chi connectivity index (χ4v) is 5.00. The number of benzene rings is 1. The summed E-state index contributed by atoms with van der Waals surface area (Å²) < 4.78 is 0. The Bertz CT molecular complexity index is 1010. The van der Waals surface area contributed by atoms with Crippen LogP contribution in [0.4, 0.5) is 5.82 Å². The van der Waals surface area contributed by atoms with E-state index in [1.54, 1.807) is 0 Å². The van der Waals surface area contributed by atoms with Gasteiger partial charge in [-0.2, -0.15) is 0 Å². The van der Waals surface area contributed by atoms with Crippen molar-refractivity contribution in [2.75, 3.05) is 45.7 Å². The van der Waals surface area contributed by atoms with Crippen molar-refractivity contribution >= 4 is 34.0 Å². The maximum Gasteiger partial charge on any atom is 0.191 e. The fourth-order valence-electron chi connectivity index (χ4n) is 4.14. The van der Waals surface area contributed by atoms with Crippen LogP contribution in [0.1, 0.15) is 29.3 Å². The molecular formula is C24H32N6S. The summed E-state index contributed by atoms with van der Waals surface area (Å²) in [6.07, 6.45) is 2.58. The molecule has 2 N–H and O–H groups in total. The fraction of sp³-hybridized carbons (Fsp3) is 0.417. The van der Waals surface area contributed by atoms with E-state index in [0.29, 0.717) is 12.6 Å². The number of thiophene rings is 1. The first-order chi connectivity index (χ1) is 15.2. The third kappa shape index (κ3) is 5.17. The summed E-state index contributed by atoms with van der Waals surface area (Å²) in [7, 11) is 5.89. The molecule has 4 rings (SSSR count). The highest BCUT2D eigenvalue weighted by Crippen LogP contribution is 2.28. The summed E-state index contributed by atoms with van der Waals surface area (Å²) in [5.41, 5.74) is 2.23. The maximum atomic E-state index is 4.76. The zero-order chi connectivity index (χ0) is 21.6. The summed E-state index contributed by atoms with van der Waals surface area (Å²) in [6.45, 7) is 3.89. The van der Waals surface area contributed by atoms with Gasteiger partial charge in [0.2, 0.25) is 0 Å². The van der Waals surface area contributed by atoms with Crippen molar-refractivity contribution in [1.82, 2.24) is 20.5 Å². The van der Waals surface area contributed by atoms with Gasteiger partial charge in [0.1, 0.15) is 5.82 Å². The first-order valence-corrected chi connectivity index (χ1v) is 11.8. The van der Waals surface area contributed by atoms with Gasteiger partial charge in [-0.1, -0.05) is 24.3 Å². The van der Waals surface area contributed by atoms with Crippen molar-refractivity contribution < 1.29 is 0 Å². The lowest BCUT2D eigenvalue weighted by Gasteiger charge is -2.27. The average Bonchev–Trinajstić information content (AvgIpc) is 3.50. The Morgan fingerprint density at radius 2 is 1.97 bits per heavy atom. The second kappa shape index (κ2) is 10.1. The molecule has 0 amide bonds. The molecule has 6 nitrogen and oxygen atoms in total. The van der Waals surface area contributed by atoms with Crippen LogP contribution in [0.3, 0.4) is 0 Å². The van der Waals surface area contributed by atoms with Crippen molar-refractivity contribution in [2.24, 2.45) is 4.99 Å². The van der Waals surface area contributed by atoms with E-state index in [-0.39, 0.29) is 0 Å². The number of hydrogen-bond acceptors (Lipinski definition) is 5. The van der Waals surface area contributed by atoms with Crippen LogP contribution in [0.15, 0.2) is 52.8 Å². The van der Waals surface area contributed by atoms with Crippen LogP contribution in [0, 0.1) is 0 Å². The Hall–Kier alpha value is -2.64. The number of fused-ring (bicyclic) bond motifs is 1. The topological polar surface area (TPSA) is 55.8 Å². The lowest BCUT2D eigenvalue weighted by Crippen LogP contribution is -2.42. The molecule has 31 heavy (non-hydrogen) atoms. The lowest BCUT2D eigenvalue weighted by atomic mass is 10.1. The van der Waals surface area contributed by atoms with Crippen molar-refractivity contribution in [3.05, 3.63) is 58.3 Å². The third-order valence-electron chi connectivity index (χ3n) is 5.83. The summed E-state index contributed by atoms with van der Waals surface area (Å²) in [4.78, 5) is 15.3. The van der Waals surface area contributed by atoms with Crippen molar-refractivity contribution in [2.45, 2.75) is 25.4 Å². The summed E-state index contributed by atoms with van der Waals surface area (Å²) in [5.74, 6) is 1.79. The highest BCUT2D eigenvalue weighted by atomic mass is 32.1. The molecule has 3 heterocycles. The molecule has 2 aromatic heterocycles. The molecule has 164 valence electrons. The zero-order valence-corrected chi connectivity index (χ0v) is 19.5. The average molecular weight is 437 g/mol. The van der Waals surface area contributed by atoms with Gasteiger partial charge in [-0.15, -0.1) is 11.3 Å². The Morgan fingerprint density at radius 1 is 1.16 bits per heavy atom. The predicted octanol–water partition coefficient (Wildman–Crippen LogP) is 3.86. The summed E-state index contributed by atoms with van der Waals surface area (Å²) in [6, 6.07) is 15.2. The number of nitrogens with zero attached hydrogens (tertiary/aromatic N) is 4. The molecule has 0 aliphatic carbocycles. The molecule has 1 aliphatic rings. The van der Waals surface area contributed by atoms with E-state index < -0.39 is 0 Å². The largest absolute Gasteiger partial charge is 0.363 e. The molecule has 1 saturated heterocycles. The molecule has 0 spiro atoms. The first kappa shape index (κ1) is 21.6. The number of para-hydroxylation sites is 1.